The first-order valence-corrected chi connectivity index (χ1v) is 4.46. The van der Waals surface area contributed by atoms with Crippen LogP contribution >= 0.6 is 0 Å². The summed E-state index contributed by atoms with van der Waals surface area (Å²) in [6, 6.07) is 7.87. The summed E-state index contributed by atoms with van der Waals surface area (Å²) >= 11 is 0. The SMILES string of the molecule is CC(CCO)Nc1ccccc1N. The third kappa shape index (κ3) is 2.95. The number of nitrogens with one attached hydrogen (secondary N) is 1. The van der Waals surface area contributed by atoms with Crippen molar-refractivity contribution in [3.8, 4) is 0 Å². The number of hydrogen-bond acceptors (Lipinski definition) is 3. The molecule has 1 aromatic rings. The average Bonchev–Trinajstić information content (AvgIpc) is 2.09. The van der Waals surface area contributed by atoms with Crippen molar-refractivity contribution >= 4 is 11.4 Å². The molecule has 4 N–H and O–H groups in total. The molecular weight excluding hydrogens is 164 g/mol. The molecule has 0 radical (unpaired) electrons. The highest BCUT2D eigenvalue weighted by Crippen LogP contribution is 2.18. The lowest BCUT2D eigenvalue weighted by atomic mass is 10.2. The first kappa shape index (κ1) is 9.86. The van der Waals surface area contributed by atoms with Gasteiger partial charge in [0.15, 0.2) is 0 Å². The molecule has 0 bridgehead atoms. The third-order valence-electron chi connectivity index (χ3n) is 1.92. The Kier molecular flexibility index (Phi) is 3.58. The molecule has 0 aromatic heterocycles. The maximum Gasteiger partial charge on any atom is 0.0575 e. The van der Waals surface area contributed by atoms with Gasteiger partial charge in [-0.25, -0.2) is 0 Å². The van der Waals surface area contributed by atoms with Gasteiger partial charge in [0.05, 0.1) is 11.4 Å². The predicted octanol–water partition coefficient (Wildman–Crippen LogP) is 1.45. The van der Waals surface area contributed by atoms with E-state index in [9.17, 15) is 0 Å². The van der Waals surface area contributed by atoms with Gasteiger partial charge >= 0.3 is 0 Å². The Morgan fingerprint density at radius 2 is 2.15 bits per heavy atom. The van der Waals surface area contributed by atoms with Gasteiger partial charge in [0.1, 0.15) is 0 Å². The van der Waals surface area contributed by atoms with E-state index in [1.807, 2.05) is 31.2 Å². The number of hydrogen-bond donors (Lipinski definition) is 3. The molecule has 1 rings (SSSR count). The van der Waals surface area contributed by atoms with Crippen molar-refractivity contribution in [2.75, 3.05) is 17.7 Å². The van der Waals surface area contributed by atoms with E-state index in [1.54, 1.807) is 0 Å². The monoisotopic (exact) mass is 180 g/mol. The van der Waals surface area contributed by atoms with E-state index in [4.69, 9.17) is 10.8 Å². The van der Waals surface area contributed by atoms with Crippen LogP contribution in [-0.4, -0.2) is 17.8 Å². The molecule has 0 saturated carbocycles. The summed E-state index contributed by atoms with van der Waals surface area (Å²) in [6.07, 6.45) is 0.730. The number of anilines is 2. The molecule has 0 heterocycles. The van der Waals surface area contributed by atoms with E-state index < -0.39 is 0 Å². The van der Waals surface area contributed by atoms with Gasteiger partial charge in [0.25, 0.3) is 0 Å². The summed E-state index contributed by atoms with van der Waals surface area (Å²) in [6.45, 7) is 2.21. The molecular formula is C10H16N2O. The van der Waals surface area contributed by atoms with Gasteiger partial charge in [-0.2, -0.15) is 0 Å². The first-order chi connectivity index (χ1) is 6.24. The Hall–Kier alpha value is -1.22. The van der Waals surface area contributed by atoms with E-state index in [-0.39, 0.29) is 12.6 Å². The molecule has 0 spiro atoms. The second kappa shape index (κ2) is 4.72. The molecule has 1 aromatic carbocycles. The molecule has 0 amide bonds. The molecule has 0 aliphatic heterocycles. The van der Waals surface area contributed by atoms with Crippen LogP contribution < -0.4 is 11.1 Å². The summed E-state index contributed by atoms with van der Waals surface area (Å²) in [4.78, 5) is 0. The van der Waals surface area contributed by atoms with Crippen molar-refractivity contribution in [2.45, 2.75) is 19.4 Å². The van der Waals surface area contributed by atoms with Gasteiger partial charge in [-0.3, -0.25) is 0 Å². The topological polar surface area (TPSA) is 58.3 Å². The van der Waals surface area contributed by atoms with Gasteiger partial charge in [-0.05, 0) is 25.5 Å². The molecule has 1 unspecified atom stereocenters. The fraction of sp³-hybridized carbons (Fsp3) is 0.400. The minimum atomic E-state index is 0.195. The zero-order valence-corrected chi connectivity index (χ0v) is 7.83. The Morgan fingerprint density at radius 3 is 2.77 bits per heavy atom. The van der Waals surface area contributed by atoms with Crippen LogP contribution in [0.4, 0.5) is 11.4 Å². The van der Waals surface area contributed by atoms with Crippen LogP contribution in [0.1, 0.15) is 13.3 Å². The Labute approximate surface area is 78.6 Å². The fourth-order valence-electron chi connectivity index (χ4n) is 1.16. The van der Waals surface area contributed by atoms with Crippen molar-refractivity contribution in [1.29, 1.82) is 0 Å². The third-order valence-corrected chi connectivity index (χ3v) is 1.92. The Morgan fingerprint density at radius 1 is 1.46 bits per heavy atom. The minimum Gasteiger partial charge on any atom is -0.397 e. The number of para-hydroxylation sites is 2. The second-order valence-corrected chi connectivity index (χ2v) is 3.14. The van der Waals surface area contributed by atoms with Crippen molar-refractivity contribution in [3.63, 3.8) is 0 Å². The highest BCUT2D eigenvalue weighted by molar-refractivity contribution is 5.65. The largest absolute Gasteiger partial charge is 0.397 e. The lowest BCUT2D eigenvalue weighted by molar-refractivity contribution is 0.282. The molecule has 72 valence electrons. The van der Waals surface area contributed by atoms with E-state index in [0.717, 1.165) is 17.8 Å². The van der Waals surface area contributed by atoms with Gasteiger partial charge in [-0.15, -0.1) is 0 Å². The van der Waals surface area contributed by atoms with E-state index in [1.165, 1.54) is 0 Å². The van der Waals surface area contributed by atoms with Crippen LogP contribution in [0.2, 0.25) is 0 Å². The molecule has 3 nitrogen and oxygen atoms in total. The quantitative estimate of drug-likeness (QED) is 0.615. The molecule has 1 atom stereocenters. The summed E-state index contributed by atoms with van der Waals surface area (Å²) in [5, 5.41) is 11.9. The van der Waals surface area contributed by atoms with Gasteiger partial charge in [-0.1, -0.05) is 12.1 Å². The highest BCUT2D eigenvalue weighted by Gasteiger charge is 2.02. The lowest BCUT2D eigenvalue weighted by Gasteiger charge is -2.15. The molecule has 3 heteroatoms. The maximum atomic E-state index is 8.71. The van der Waals surface area contributed by atoms with Gasteiger partial charge in [0, 0.05) is 12.6 Å². The van der Waals surface area contributed by atoms with Gasteiger partial charge in [0.2, 0.25) is 0 Å². The Bertz CT molecular complexity index is 263. The van der Waals surface area contributed by atoms with Crippen LogP contribution in [0.5, 0.6) is 0 Å². The zero-order chi connectivity index (χ0) is 9.68. The van der Waals surface area contributed by atoms with Gasteiger partial charge < -0.3 is 16.2 Å². The molecule has 0 fully saturated rings. The Balaban J connectivity index is 2.58. The molecule has 0 aliphatic rings. The van der Waals surface area contributed by atoms with Crippen LogP contribution in [0.25, 0.3) is 0 Å². The number of nitrogen functional groups attached to an aromatic ring is 1. The number of rotatable bonds is 4. The summed E-state index contributed by atoms with van der Waals surface area (Å²) in [5.74, 6) is 0. The number of aliphatic hydroxyl groups excluding tert-OH is 1. The minimum absolute atomic E-state index is 0.195. The van der Waals surface area contributed by atoms with E-state index >= 15 is 0 Å². The summed E-state index contributed by atoms with van der Waals surface area (Å²) in [7, 11) is 0. The smallest absolute Gasteiger partial charge is 0.0575 e. The van der Waals surface area contributed by atoms with Crippen molar-refractivity contribution in [3.05, 3.63) is 24.3 Å². The highest BCUT2D eigenvalue weighted by atomic mass is 16.3. The molecule has 13 heavy (non-hydrogen) atoms. The van der Waals surface area contributed by atoms with Crippen molar-refractivity contribution < 1.29 is 5.11 Å². The normalized spacial score (nSPS) is 12.5. The van der Waals surface area contributed by atoms with Crippen molar-refractivity contribution in [1.82, 2.24) is 0 Å². The van der Waals surface area contributed by atoms with Crippen LogP contribution in [0.3, 0.4) is 0 Å². The predicted molar refractivity (Wildman–Crippen MR) is 55.6 cm³/mol. The maximum absolute atomic E-state index is 8.71. The average molecular weight is 180 g/mol. The number of aliphatic hydroxyl groups is 1. The zero-order valence-electron chi connectivity index (χ0n) is 7.83. The number of benzene rings is 1. The summed E-state index contributed by atoms with van der Waals surface area (Å²) in [5.41, 5.74) is 7.42. The van der Waals surface area contributed by atoms with Crippen LogP contribution in [0, 0.1) is 0 Å². The molecule has 0 aliphatic carbocycles. The standard InChI is InChI=1S/C10H16N2O/c1-8(6-7-13)12-10-5-3-2-4-9(10)11/h2-5,8,12-13H,6-7,11H2,1H3. The van der Waals surface area contributed by atoms with E-state index in [0.29, 0.717) is 0 Å². The fourth-order valence-corrected chi connectivity index (χ4v) is 1.16. The van der Waals surface area contributed by atoms with E-state index in [2.05, 4.69) is 5.32 Å². The first-order valence-electron chi connectivity index (χ1n) is 4.46. The van der Waals surface area contributed by atoms with Crippen molar-refractivity contribution in [2.24, 2.45) is 0 Å². The second-order valence-electron chi connectivity index (χ2n) is 3.14. The van der Waals surface area contributed by atoms with Crippen LogP contribution in [0.15, 0.2) is 24.3 Å². The number of nitrogens with two attached hydrogens (primary N) is 1. The molecule has 0 saturated heterocycles. The lowest BCUT2D eigenvalue weighted by Crippen LogP contribution is -2.17. The summed E-state index contributed by atoms with van der Waals surface area (Å²) < 4.78 is 0. The van der Waals surface area contributed by atoms with Crippen LogP contribution in [-0.2, 0) is 0 Å².